The molecule has 3 nitrogen and oxygen atoms in total. The van der Waals surface area contributed by atoms with Gasteiger partial charge in [-0.25, -0.2) is 0 Å². The van der Waals surface area contributed by atoms with E-state index in [4.69, 9.17) is 0 Å². The quantitative estimate of drug-likeness (QED) is 0.864. The fourth-order valence-electron chi connectivity index (χ4n) is 2.57. The topological polar surface area (TPSA) is 32.3 Å². The average molecular weight is 246 g/mol. The molecule has 0 unspecified atom stereocenters. The maximum absolute atomic E-state index is 11.9. The fraction of sp³-hybridized carbons (Fsp3) is 0.533. The minimum absolute atomic E-state index is 0.0461. The molecular weight excluding hydrogens is 224 g/mol. The van der Waals surface area contributed by atoms with Gasteiger partial charge in [-0.05, 0) is 25.0 Å². The summed E-state index contributed by atoms with van der Waals surface area (Å²) in [6, 6.07) is 10.4. The van der Waals surface area contributed by atoms with E-state index in [1.54, 1.807) is 0 Å². The van der Waals surface area contributed by atoms with Crippen molar-refractivity contribution in [2.45, 2.75) is 38.8 Å². The highest BCUT2D eigenvalue weighted by atomic mass is 16.1. The van der Waals surface area contributed by atoms with Crippen molar-refractivity contribution >= 4 is 5.91 Å². The van der Waals surface area contributed by atoms with Crippen LogP contribution in [0.15, 0.2) is 30.3 Å². The summed E-state index contributed by atoms with van der Waals surface area (Å²) in [5, 5.41) is 3.09. The summed E-state index contributed by atoms with van der Waals surface area (Å²) in [6.45, 7) is 6.43. The summed E-state index contributed by atoms with van der Waals surface area (Å²) in [7, 11) is 0. The first-order valence-corrected chi connectivity index (χ1v) is 6.84. The number of carbonyl (C=O) groups is 1. The van der Waals surface area contributed by atoms with Crippen LogP contribution in [-0.2, 0) is 0 Å². The van der Waals surface area contributed by atoms with Crippen LogP contribution in [0.25, 0.3) is 0 Å². The predicted octanol–water partition coefficient (Wildman–Crippen LogP) is 2.29. The lowest BCUT2D eigenvalue weighted by molar-refractivity contribution is 0.0609. The van der Waals surface area contributed by atoms with E-state index in [2.05, 4.69) is 24.1 Å². The Morgan fingerprint density at radius 2 is 1.89 bits per heavy atom. The van der Waals surface area contributed by atoms with Crippen LogP contribution < -0.4 is 5.32 Å². The molecule has 0 bridgehead atoms. The molecule has 1 amide bonds. The van der Waals surface area contributed by atoms with Crippen LogP contribution in [0.4, 0.5) is 0 Å². The second-order valence-electron chi connectivity index (χ2n) is 4.96. The van der Waals surface area contributed by atoms with E-state index in [0.29, 0.717) is 12.1 Å². The van der Waals surface area contributed by atoms with E-state index < -0.39 is 0 Å². The monoisotopic (exact) mass is 246 g/mol. The number of benzene rings is 1. The third-order valence-corrected chi connectivity index (χ3v) is 3.74. The highest BCUT2D eigenvalue weighted by Gasteiger charge is 2.31. The van der Waals surface area contributed by atoms with Gasteiger partial charge in [0, 0.05) is 24.7 Å². The van der Waals surface area contributed by atoms with E-state index in [0.717, 1.165) is 18.7 Å². The highest BCUT2D eigenvalue weighted by molar-refractivity contribution is 5.94. The summed E-state index contributed by atoms with van der Waals surface area (Å²) in [5.41, 5.74) is 0.749. The molecule has 1 saturated heterocycles. The lowest BCUT2D eigenvalue weighted by Crippen LogP contribution is -2.61. The van der Waals surface area contributed by atoms with Gasteiger partial charge < -0.3 is 5.32 Å². The molecule has 1 aliphatic heterocycles. The van der Waals surface area contributed by atoms with Gasteiger partial charge >= 0.3 is 0 Å². The van der Waals surface area contributed by atoms with Crippen LogP contribution in [0, 0.1) is 0 Å². The number of nitrogens with zero attached hydrogens (tertiary/aromatic N) is 1. The van der Waals surface area contributed by atoms with Gasteiger partial charge in [0.25, 0.3) is 5.91 Å². The maximum Gasteiger partial charge on any atom is 0.251 e. The molecule has 0 saturated carbocycles. The summed E-state index contributed by atoms with van der Waals surface area (Å²) in [4.78, 5) is 14.4. The standard InChI is InChI=1S/C15H22N2O/c1-3-14(4-2)17-10-13(11-17)16-15(18)12-8-6-5-7-9-12/h5-9,13-14H,3-4,10-11H2,1-2H3,(H,16,18). The first kappa shape index (κ1) is 13.1. The number of nitrogens with one attached hydrogen (secondary N) is 1. The Morgan fingerprint density at radius 1 is 1.28 bits per heavy atom. The molecule has 18 heavy (non-hydrogen) atoms. The molecule has 0 aromatic heterocycles. The largest absolute Gasteiger partial charge is 0.347 e. The molecule has 98 valence electrons. The molecule has 0 spiro atoms. The SMILES string of the molecule is CCC(CC)N1CC(NC(=O)c2ccccc2)C1. The highest BCUT2D eigenvalue weighted by Crippen LogP contribution is 2.17. The van der Waals surface area contributed by atoms with Gasteiger partial charge in [0.1, 0.15) is 0 Å². The Labute approximate surface area is 109 Å². The lowest BCUT2D eigenvalue weighted by atomic mass is 10.0. The van der Waals surface area contributed by atoms with Gasteiger partial charge in [-0.2, -0.15) is 0 Å². The molecule has 1 heterocycles. The van der Waals surface area contributed by atoms with Gasteiger partial charge in [0.2, 0.25) is 0 Å². The Bertz CT molecular complexity index is 381. The normalized spacial score (nSPS) is 16.6. The second-order valence-corrected chi connectivity index (χ2v) is 4.96. The summed E-state index contributed by atoms with van der Waals surface area (Å²) >= 11 is 0. The van der Waals surface area contributed by atoms with Crippen LogP contribution in [0.2, 0.25) is 0 Å². The fourth-order valence-corrected chi connectivity index (χ4v) is 2.57. The zero-order valence-corrected chi connectivity index (χ0v) is 11.2. The molecule has 0 aliphatic carbocycles. The van der Waals surface area contributed by atoms with E-state index in [-0.39, 0.29) is 5.91 Å². The minimum Gasteiger partial charge on any atom is -0.347 e. The number of hydrogen-bond acceptors (Lipinski definition) is 2. The summed E-state index contributed by atoms with van der Waals surface area (Å²) < 4.78 is 0. The zero-order chi connectivity index (χ0) is 13.0. The van der Waals surface area contributed by atoms with Crippen molar-refractivity contribution in [3.8, 4) is 0 Å². The molecule has 2 rings (SSSR count). The minimum atomic E-state index is 0.0461. The predicted molar refractivity (Wildman–Crippen MR) is 73.6 cm³/mol. The van der Waals surface area contributed by atoms with Crippen molar-refractivity contribution in [1.82, 2.24) is 10.2 Å². The van der Waals surface area contributed by atoms with Crippen molar-refractivity contribution in [2.24, 2.45) is 0 Å². The summed E-state index contributed by atoms with van der Waals surface area (Å²) in [5.74, 6) is 0.0461. The third-order valence-electron chi connectivity index (χ3n) is 3.74. The molecule has 1 aromatic rings. The molecule has 3 heteroatoms. The van der Waals surface area contributed by atoms with Gasteiger partial charge in [-0.15, -0.1) is 0 Å². The van der Waals surface area contributed by atoms with E-state index in [1.165, 1.54) is 12.8 Å². The number of hydrogen-bond donors (Lipinski definition) is 1. The number of likely N-dealkylation sites (tertiary alicyclic amines) is 1. The van der Waals surface area contributed by atoms with Crippen LogP contribution in [0.1, 0.15) is 37.0 Å². The molecule has 1 fully saturated rings. The van der Waals surface area contributed by atoms with Crippen molar-refractivity contribution in [3.05, 3.63) is 35.9 Å². The van der Waals surface area contributed by atoms with Crippen LogP contribution in [-0.4, -0.2) is 36.0 Å². The van der Waals surface area contributed by atoms with E-state index >= 15 is 0 Å². The van der Waals surface area contributed by atoms with Gasteiger partial charge in [0.15, 0.2) is 0 Å². The van der Waals surface area contributed by atoms with Crippen molar-refractivity contribution in [1.29, 1.82) is 0 Å². The zero-order valence-electron chi connectivity index (χ0n) is 11.2. The average Bonchev–Trinajstić information content (AvgIpc) is 2.37. The molecule has 1 aromatic carbocycles. The molecule has 0 radical (unpaired) electrons. The molecule has 0 atom stereocenters. The first-order chi connectivity index (χ1) is 8.74. The molecule has 1 N–H and O–H groups in total. The Morgan fingerprint density at radius 3 is 2.44 bits per heavy atom. The molecular formula is C15H22N2O. The van der Waals surface area contributed by atoms with Crippen molar-refractivity contribution in [2.75, 3.05) is 13.1 Å². The van der Waals surface area contributed by atoms with Crippen LogP contribution in [0.5, 0.6) is 0 Å². The van der Waals surface area contributed by atoms with Crippen LogP contribution >= 0.6 is 0 Å². The second kappa shape index (κ2) is 6.01. The van der Waals surface area contributed by atoms with Gasteiger partial charge in [-0.1, -0.05) is 32.0 Å². The molecule has 1 aliphatic rings. The Hall–Kier alpha value is -1.35. The third kappa shape index (κ3) is 2.91. The smallest absolute Gasteiger partial charge is 0.251 e. The van der Waals surface area contributed by atoms with Crippen molar-refractivity contribution in [3.63, 3.8) is 0 Å². The van der Waals surface area contributed by atoms with Gasteiger partial charge in [0.05, 0.1) is 6.04 Å². The lowest BCUT2D eigenvalue weighted by Gasteiger charge is -2.44. The first-order valence-electron chi connectivity index (χ1n) is 6.84. The number of rotatable bonds is 5. The Kier molecular flexibility index (Phi) is 4.37. The number of carbonyl (C=O) groups excluding carboxylic acids is 1. The van der Waals surface area contributed by atoms with Crippen molar-refractivity contribution < 1.29 is 4.79 Å². The van der Waals surface area contributed by atoms with Crippen LogP contribution in [0.3, 0.4) is 0 Å². The number of amides is 1. The Balaban J connectivity index is 1.79. The maximum atomic E-state index is 11.9. The van der Waals surface area contributed by atoms with E-state index in [9.17, 15) is 4.79 Å². The summed E-state index contributed by atoms with van der Waals surface area (Å²) in [6.07, 6.45) is 2.38. The van der Waals surface area contributed by atoms with Gasteiger partial charge in [-0.3, -0.25) is 9.69 Å². The van der Waals surface area contributed by atoms with E-state index in [1.807, 2.05) is 30.3 Å².